The molecule has 6 nitrogen and oxygen atoms in total. The van der Waals surface area contributed by atoms with Gasteiger partial charge in [-0.1, -0.05) is 23.7 Å². The molecule has 0 amide bonds. The van der Waals surface area contributed by atoms with E-state index in [1.54, 1.807) is 6.20 Å². The van der Waals surface area contributed by atoms with E-state index in [1.807, 2.05) is 38.1 Å². The molecule has 0 radical (unpaired) electrons. The summed E-state index contributed by atoms with van der Waals surface area (Å²) in [4.78, 5) is 17.1. The van der Waals surface area contributed by atoms with Crippen molar-refractivity contribution in [2.45, 2.75) is 44.8 Å². The van der Waals surface area contributed by atoms with Crippen molar-refractivity contribution < 1.29 is 14.3 Å². The summed E-state index contributed by atoms with van der Waals surface area (Å²) in [5.74, 6) is 0.319. The van der Waals surface area contributed by atoms with Gasteiger partial charge in [-0.25, -0.2) is 0 Å². The Morgan fingerprint density at radius 2 is 2.22 bits per heavy atom. The highest BCUT2D eigenvalue weighted by Crippen LogP contribution is 2.30. The van der Waals surface area contributed by atoms with Gasteiger partial charge in [-0.15, -0.1) is 0 Å². The second-order valence-electron chi connectivity index (χ2n) is 9.31. The maximum Gasteiger partial charge on any atom is 0.143 e. The van der Waals surface area contributed by atoms with E-state index >= 15 is 0 Å². The van der Waals surface area contributed by atoms with Crippen LogP contribution in [0.3, 0.4) is 0 Å². The minimum Gasteiger partial charge on any atom is -0.382 e. The van der Waals surface area contributed by atoms with Gasteiger partial charge in [-0.2, -0.15) is 0 Å². The summed E-state index contributed by atoms with van der Waals surface area (Å²) in [6, 6.07) is 10.0. The summed E-state index contributed by atoms with van der Waals surface area (Å²) in [5.41, 5.74) is 3.39. The quantitative estimate of drug-likeness (QED) is 0.651. The van der Waals surface area contributed by atoms with Gasteiger partial charge in [0.25, 0.3) is 0 Å². The Labute approximate surface area is 195 Å². The van der Waals surface area contributed by atoms with Gasteiger partial charge in [0.1, 0.15) is 5.78 Å². The average Bonchev–Trinajstić information content (AvgIpc) is 2.80. The summed E-state index contributed by atoms with van der Waals surface area (Å²) in [6.07, 6.45) is 4.00. The first-order valence-electron chi connectivity index (χ1n) is 11.4. The molecule has 0 unspecified atom stereocenters. The SMILES string of the molecule is CC1(C)CO[C@H](CNc2cccc(-c3cc(CC(=O)[C@@H]4CCCNC4)ncc3Cl)c2)CO1. The fraction of sp³-hybridized carbons (Fsp3) is 0.520. The van der Waals surface area contributed by atoms with Crippen molar-refractivity contribution in [1.82, 2.24) is 10.3 Å². The molecule has 0 spiro atoms. The first-order chi connectivity index (χ1) is 15.4. The summed E-state index contributed by atoms with van der Waals surface area (Å²) in [6.45, 7) is 7.65. The molecule has 2 aliphatic heterocycles. The molecule has 2 fully saturated rings. The van der Waals surface area contributed by atoms with Crippen LogP contribution in [0.4, 0.5) is 5.69 Å². The standard InChI is InChI=1S/C25H32ClN3O3/c1-25(2)16-31-21(15-32-25)13-28-19-7-3-5-17(9-19)22-10-20(29-14-23(22)26)11-24(30)18-6-4-8-27-12-18/h3,5,7,9-10,14,18,21,27-28H,4,6,8,11-13,15-16H2,1-2H3/t18-,21-/m1/s1. The lowest BCUT2D eigenvalue weighted by Crippen LogP contribution is -2.44. The molecule has 0 aliphatic carbocycles. The van der Waals surface area contributed by atoms with Crippen LogP contribution in [0.15, 0.2) is 36.5 Å². The van der Waals surface area contributed by atoms with Crippen LogP contribution in [-0.4, -0.2) is 55.3 Å². The molecule has 2 N–H and O–H groups in total. The van der Waals surface area contributed by atoms with Gasteiger partial charge in [-0.3, -0.25) is 9.78 Å². The molecule has 0 bridgehead atoms. The Hall–Kier alpha value is -1.99. The maximum atomic E-state index is 12.7. The fourth-order valence-corrected chi connectivity index (χ4v) is 4.33. The van der Waals surface area contributed by atoms with E-state index in [9.17, 15) is 4.79 Å². The van der Waals surface area contributed by atoms with E-state index in [0.717, 1.165) is 48.4 Å². The molecule has 4 rings (SSSR count). The molecule has 172 valence electrons. The summed E-state index contributed by atoms with van der Waals surface area (Å²) >= 11 is 6.48. The number of aromatic nitrogens is 1. The minimum absolute atomic E-state index is 0.0167. The number of hydrogen-bond acceptors (Lipinski definition) is 6. The number of anilines is 1. The topological polar surface area (TPSA) is 72.5 Å². The van der Waals surface area contributed by atoms with Crippen LogP contribution < -0.4 is 10.6 Å². The monoisotopic (exact) mass is 457 g/mol. The molecule has 2 saturated heterocycles. The van der Waals surface area contributed by atoms with Crippen molar-refractivity contribution in [2.75, 3.05) is 38.2 Å². The lowest BCUT2D eigenvalue weighted by molar-refractivity contribution is -0.170. The summed E-state index contributed by atoms with van der Waals surface area (Å²) < 4.78 is 11.7. The van der Waals surface area contributed by atoms with Crippen LogP contribution in [0.2, 0.25) is 5.02 Å². The largest absolute Gasteiger partial charge is 0.382 e. The number of hydrogen-bond donors (Lipinski definition) is 2. The Bertz CT molecular complexity index is 934. The van der Waals surface area contributed by atoms with Crippen molar-refractivity contribution >= 4 is 23.1 Å². The lowest BCUT2D eigenvalue weighted by atomic mass is 9.92. The predicted octanol–water partition coefficient (Wildman–Crippen LogP) is 4.12. The van der Waals surface area contributed by atoms with Crippen molar-refractivity contribution in [3.05, 3.63) is 47.2 Å². The van der Waals surface area contributed by atoms with Crippen LogP contribution in [0.5, 0.6) is 0 Å². The number of Topliss-reactive ketones (excluding diaryl/α,β-unsaturated/α-hetero) is 1. The number of carbonyl (C=O) groups is 1. The van der Waals surface area contributed by atoms with Crippen LogP contribution in [0.1, 0.15) is 32.4 Å². The smallest absolute Gasteiger partial charge is 0.143 e. The van der Waals surface area contributed by atoms with Crippen molar-refractivity contribution in [3.63, 3.8) is 0 Å². The molecule has 7 heteroatoms. The van der Waals surface area contributed by atoms with E-state index in [-0.39, 0.29) is 23.4 Å². The Kier molecular flexibility index (Phi) is 7.46. The van der Waals surface area contributed by atoms with Gasteiger partial charge < -0.3 is 20.1 Å². The second-order valence-corrected chi connectivity index (χ2v) is 9.71. The first-order valence-corrected chi connectivity index (χ1v) is 11.8. The molecular weight excluding hydrogens is 426 g/mol. The van der Waals surface area contributed by atoms with Gasteiger partial charge in [0.15, 0.2) is 0 Å². The molecule has 2 atom stereocenters. The minimum atomic E-state index is -0.221. The van der Waals surface area contributed by atoms with E-state index in [2.05, 4.69) is 21.7 Å². The number of pyridine rings is 1. The number of nitrogens with zero attached hydrogens (tertiary/aromatic N) is 1. The summed E-state index contributed by atoms with van der Waals surface area (Å²) in [5, 5.41) is 7.32. The van der Waals surface area contributed by atoms with Gasteiger partial charge in [0.2, 0.25) is 0 Å². The third kappa shape index (κ3) is 6.07. The molecule has 3 heterocycles. The molecule has 1 aromatic carbocycles. The predicted molar refractivity (Wildman–Crippen MR) is 127 cm³/mol. The van der Waals surface area contributed by atoms with E-state index < -0.39 is 0 Å². The zero-order valence-corrected chi connectivity index (χ0v) is 19.6. The highest BCUT2D eigenvalue weighted by atomic mass is 35.5. The number of halogens is 1. The summed E-state index contributed by atoms with van der Waals surface area (Å²) in [7, 11) is 0. The number of nitrogens with one attached hydrogen (secondary N) is 2. The first kappa shape index (κ1) is 23.2. The molecule has 32 heavy (non-hydrogen) atoms. The normalized spacial score (nSPS) is 23.0. The Morgan fingerprint density at radius 1 is 1.34 bits per heavy atom. The van der Waals surface area contributed by atoms with Crippen molar-refractivity contribution in [2.24, 2.45) is 5.92 Å². The number of ketones is 1. The van der Waals surface area contributed by atoms with Crippen LogP contribution >= 0.6 is 11.6 Å². The van der Waals surface area contributed by atoms with Crippen molar-refractivity contribution in [3.8, 4) is 11.1 Å². The van der Waals surface area contributed by atoms with Crippen molar-refractivity contribution in [1.29, 1.82) is 0 Å². The average molecular weight is 458 g/mol. The second kappa shape index (κ2) is 10.3. The number of ether oxygens (including phenoxy) is 2. The number of piperidine rings is 1. The van der Waals surface area contributed by atoms with Gasteiger partial charge >= 0.3 is 0 Å². The lowest BCUT2D eigenvalue weighted by Gasteiger charge is -2.35. The zero-order valence-electron chi connectivity index (χ0n) is 18.8. The molecule has 1 aromatic heterocycles. The van der Waals surface area contributed by atoms with E-state index in [4.69, 9.17) is 21.1 Å². The highest BCUT2D eigenvalue weighted by Gasteiger charge is 2.28. The number of benzene rings is 1. The molecule has 2 aromatic rings. The van der Waals surface area contributed by atoms with E-state index in [1.165, 1.54) is 0 Å². The molecule has 2 aliphatic rings. The Morgan fingerprint density at radius 3 is 2.97 bits per heavy atom. The third-order valence-electron chi connectivity index (χ3n) is 6.05. The van der Waals surface area contributed by atoms with E-state index in [0.29, 0.717) is 31.2 Å². The van der Waals surface area contributed by atoms with Gasteiger partial charge in [-0.05, 0) is 57.0 Å². The fourth-order valence-electron chi connectivity index (χ4n) is 4.12. The third-order valence-corrected chi connectivity index (χ3v) is 6.35. The maximum absolute atomic E-state index is 12.7. The number of carbonyl (C=O) groups excluding carboxylic acids is 1. The van der Waals surface area contributed by atoms with Crippen LogP contribution in [0.25, 0.3) is 11.1 Å². The molecular formula is C25H32ClN3O3. The van der Waals surface area contributed by atoms with Crippen LogP contribution in [0, 0.1) is 5.92 Å². The van der Waals surface area contributed by atoms with Gasteiger partial charge in [0, 0.05) is 48.6 Å². The van der Waals surface area contributed by atoms with Gasteiger partial charge in [0.05, 0.1) is 29.9 Å². The molecule has 0 saturated carbocycles. The highest BCUT2D eigenvalue weighted by molar-refractivity contribution is 6.33. The number of rotatable bonds is 7. The van der Waals surface area contributed by atoms with Crippen LogP contribution in [-0.2, 0) is 20.7 Å². The Balaban J connectivity index is 1.41. The zero-order chi connectivity index (χ0) is 22.6.